The van der Waals surface area contributed by atoms with Crippen LogP contribution in [0.4, 0.5) is 0 Å². The molecule has 1 aromatic carbocycles. The van der Waals surface area contributed by atoms with Crippen LogP contribution in [0.25, 0.3) is 11.2 Å². The molecule has 0 saturated heterocycles. The first-order valence-corrected chi connectivity index (χ1v) is 10.9. The Morgan fingerprint density at radius 2 is 1.94 bits per heavy atom. The summed E-state index contributed by atoms with van der Waals surface area (Å²) in [5.74, 6) is 0.426. The minimum atomic E-state index is -0.740. The van der Waals surface area contributed by atoms with Gasteiger partial charge < -0.3 is 14.8 Å². The second kappa shape index (κ2) is 9.32. The maximum absolute atomic E-state index is 13.1. The van der Waals surface area contributed by atoms with Crippen molar-refractivity contribution in [1.82, 2.24) is 19.5 Å². The van der Waals surface area contributed by atoms with E-state index in [9.17, 15) is 9.59 Å². The summed E-state index contributed by atoms with van der Waals surface area (Å²) >= 11 is 0. The summed E-state index contributed by atoms with van der Waals surface area (Å²) in [6.07, 6.45) is 4.43. The Morgan fingerprint density at radius 3 is 2.61 bits per heavy atom. The number of hydrogen-bond donors (Lipinski definition) is 2. The number of benzene rings is 1. The van der Waals surface area contributed by atoms with Crippen LogP contribution in [0.2, 0.25) is 0 Å². The summed E-state index contributed by atoms with van der Waals surface area (Å²) in [5.41, 5.74) is 1.61. The van der Waals surface area contributed by atoms with Gasteiger partial charge in [0.2, 0.25) is 0 Å². The number of aliphatic carboxylic acids is 1. The van der Waals surface area contributed by atoms with Crippen molar-refractivity contribution in [3.8, 4) is 6.01 Å². The Morgan fingerprint density at radius 1 is 1.19 bits per heavy atom. The minimum Gasteiger partial charge on any atom is -0.481 e. The van der Waals surface area contributed by atoms with E-state index in [0.717, 1.165) is 43.5 Å². The lowest BCUT2D eigenvalue weighted by atomic mass is 9.80. The van der Waals surface area contributed by atoms with Gasteiger partial charge in [-0.15, -0.1) is 0 Å². The van der Waals surface area contributed by atoms with Gasteiger partial charge in [0.25, 0.3) is 5.56 Å². The van der Waals surface area contributed by atoms with Crippen molar-refractivity contribution in [3.05, 3.63) is 52.1 Å². The summed E-state index contributed by atoms with van der Waals surface area (Å²) in [7, 11) is 0. The molecule has 2 aromatic heterocycles. The number of imidazole rings is 1. The quantitative estimate of drug-likeness (QED) is 0.568. The van der Waals surface area contributed by atoms with E-state index in [1.807, 2.05) is 37.3 Å². The number of aromatic nitrogens is 4. The first-order valence-electron chi connectivity index (χ1n) is 10.9. The number of rotatable bonds is 8. The van der Waals surface area contributed by atoms with Gasteiger partial charge in [-0.1, -0.05) is 37.3 Å². The van der Waals surface area contributed by atoms with E-state index in [1.165, 1.54) is 0 Å². The van der Waals surface area contributed by atoms with Gasteiger partial charge in [0.05, 0.1) is 0 Å². The smallest absolute Gasteiger partial charge is 0.303 e. The molecule has 2 heterocycles. The van der Waals surface area contributed by atoms with E-state index >= 15 is 0 Å². The molecule has 1 fully saturated rings. The number of carboxylic acids is 1. The van der Waals surface area contributed by atoms with Crippen LogP contribution in [0.15, 0.2) is 35.1 Å². The molecule has 1 saturated carbocycles. The van der Waals surface area contributed by atoms with Crippen LogP contribution in [0.1, 0.15) is 62.8 Å². The van der Waals surface area contributed by atoms with Gasteiger partial charge >= 0.3 is 12.0 Å². The maximum atomic E-state index is 13.1. The number of carboxylic acid groups (broad SMARTS) is 1. The molecular formula is C23H28N4O4. The molecule has 0 aliphatic heterocycles. The highest BCUT2D eigenvalue weighted by atomic mass is 16.5. The molecule has 0 atom stereocenters. The third-order valence-electron chi connectivity index (χ3n) is 5.95. The van der Waals surface area contributed by atoms with Crippen LogP contribution >= 0.6 is 0 Å². The molecule has 2 N–H and O–H groups in total. The first kappa shape index (κ1) is 21.1. The number of fused-ring (bicyclic) bond motifs is 1. The highest BCUT2D eigenvalue weighted by Gasteiger charge is 2.27. The number of nitrogens with one attached hydrogen (secondary N) is 1. The zero-order valence-corrected chi connectivity index (χ0v) is 17.7. The van der Waals surface area contributed by atoms with Crippen molar-refractivity contribution < 1.29 is 14.6 Å². The zero-order chi connectivity index (χ0) is 21.8. The van der Waals surface area contributed by atoms with E-state index in [0.29, 0.717) is 24.3 Å². The van der Waals surface area contributed by atoms with Crippen molar-refractivity contribution in [2.75, 3.05) is 0 Å². The lowest BCUT2D eigenvalue weighted by molar-refractivity contribution is -0.138. The third-order valence-corrected chi connectivity index (χ3v) is 5.95. The summed E-state index contributed by atoms with van der Waals surface area (Å²) < 4.78 is 7.48. The number of carbonyl (C=O) groups is 1. The molecule has 0 bridgehead atoms. The van der Waals surface area contributed by atoms with Crippen LogP contribution in [0.5, 0.6) is 6.01 Å². The fraction of sp³-hybridized carbons (Fsp3) is 0.478. The molecule has 0 spiro atoms. The molecule has 164 valence electrons. The van der Waals surface area contributed by atoms with Crippen LogP contribution < -0.4 is 10.3 Å². The average Bonchev–Trinajstić information content (AvgIpc) is 3.20. The summed E-state index contributed by atoms with van der Waals surface area (Å²) in [6.45, 7) is 2.85. The normalized spacial score (nSPS) is 18.9. The van der Waals surface area contributed by atoms with Crippen molar-refractivity contribution >= 4 is 17.1 Å². The highest BCUT2D eigenvalue weighted by Crippen LogP contribution is 2.36. The zero-order valence-electron chi connectivity index (χ0n) is 17.7. The Hall–Kier alpha value is -3.16. The van der Waals surface area contributed by atoms with Gasteiger partial charge in [0.1, 0.15) is 12.4 Å². The molecule has 3 aromatic rings. The third kappa shape index (κ3) is 4.78. The molecular weight excluding hydrogens is 396 g/mol. The lowest BCUT2D eigenvalue weighted by Crippen LogP contribution is -2.23. The monoisotopic (exact) mass is 424 g/mol. The molecule has 0 amide bonds. The summed E-state index contributed by atoms with van der Waals surface area (Å²) in [4.78, 5) is 36.5. The largest absolute Gasteiger partial charge is 0.481 e. The van der Waals surface area contributed by atoms with Gasteiger partial charge in [0.15, 0.2) is 11.2 Å². The number of nitrogens with zero attached hydrogens (tertiary/aromatic N) is 3. The number of ether oxygens (including phenoxy) is 1. The Kier molecular flexibility index (Phi) is 6.34. The van der Waals surface area contributed by atoms with Gasteiger partial charge in [0, 0.05) is 18.9 Å². The molecule has 1 aliphatic rings. The van der Waals surface area contributed by atoms with Crippen LogP contribution in [0.3, 0.4) is 0 Å². The first-order chi connectivity index (χ1) is 15.0. The van der Waals surface area contributed by atoms with Gasteiger partial charge in [-0.05, 0) is 43.6 Å². The van der Waals surface area contributed by atoms with Crippen LogP contribution in [0, 0.1) is 5.92 Å². The Bertz CT molecular complexity index is 1100. The fourth-order valence-corrected chi connectivity index (χ4v) is 4.32. The molecule has 4 rings (SSSR count). The molecule has 0 radical (unpaired) electrons. The molecule has 1 aliphatic carbocycles. The van der Waals surface area contributed by atoms with Crippen LogP contribution in [-0.2, 0) is 17.9 Å². The molecule has 0 unspecified atom stereocenters. The predicted octanol–water partition coefficient (Wildman–Crippen LogP) is 3.86. The molecule has 31 heavy (non-hydrogen) atoms. The Balaban J connectivity index is 1.58. The summed E-state index contributed by atoms with van der Waals surface area (Å²) in [5, 5.41) is 9.01. The van der Waals surface area contributed by atoms with Crippen LogP contribution in [-0.4, -0.2) is 30.6 Å². The molecule has 8 nitrogen and oxygen atoms in total. The second-order valence-electron chi connectivity index (χ2n) is 8.26. The predicted molar refractivity (Wildman–Crippen MR) is 116 cm³/mol. The van der Waals surface area contributed by atoms with Crippen molar-refractivity contribution in [1.29, 1.82) is 0 Å². The van der Waals surface area contributed by atoms with E-state index in [1.54, 1.807) is 4.57 Å². The van der Waals surface area contributed by atoms with Crippen molar-refractivity contribution in [2.24, 2.45) is 5.92 Å². The standard InChI is InChI=1S/C23H28N4O4/c1-2-12-27-22(30)19-21(26-23(27)31-14-16-6-4-3-5-7-16)25-20(24-19)17-10-8-15(9-11-17)13-18(28)29/h3-7,15,17H,2,8-14H2,1H3,(H,24,25)(H,28,29). The fourth-order valence-electron chi connectivity index (χ4n) is 4.32. The number of hydrogen-bond acceptors (Lipinski definition) is 5. The minimum absolute atomic E-state index is 0.173. The van der Waals surface area contributed by atoms with Gasteiger partial charge in [-0.25, -0.2) is 4.98 Å². The summed E-state index contributed by atoms with van der Waals surface area (Å²) in [6, 6.07) is 10.1. The van der Waals surface area contributed by atoms with E-state index in [2.05, 4.69) is 15.0 Å². The molecule has 8 heteroatoms. The highest BCUT2D eigenvalue weighted by molar-refractivity contribution is 5.70. The Labute approximate surface area is 180 Å². The van der Waals surface area contributed by atoms with E-state index < -0.39 is 5.97 Å². The number of H-pyrrole nitrogens is 1. The topological polar surface area (TPSA) is 110 Å². The van der Waals surface area contributed by atoms with E-state index in [-0.39, 0.29) is 29.8 Å². The lowest BCUT2D eigenvalue weighted by Gasteiger charge is -2.26. The number of aromatic amines is 1. The van der Waals surface area contributed by atoms with Crippen molar-refractivity contribution in [2.45, 2.75) is 64.5 Å². The van der Waals surface area contributed by atoms with Gasteiger partial charge in [-0.2, -0.15) is 4.98 Å². The maximum Gasteiger partial charge on any atom is 0.303 e. The van der Waals surface area contributed by atoms with Crippen molar-refractivity contribution in [3.63, 3.8) is 0 Å². The van der Waals surface area contributed by atoms with Gasteiger partial charge in [-0.3, -0.25) is 14.2 Å². The average molecular weight is 425 g/mol. The SMILES string of the molecule is CCCn1c(OCc2ccccc2)nc2nc(C3CCC(CC(=O)O)CC3)[nH]c2c1=O. The second-order valence-corrected chi connectivity index (χ2v) is 8.26. The van der Waals surface area contributed by atoms with E-state index in [4.69, 9.17) is 9.84 Å².